The molecule has 1 aromatic heterocycles. The maximum Gasteiger partial charge on any atom is 0.273 e. The van der Waals surface area contributed by atoms with E-state index in [0.29, 0.717) is 24.9 Å². The van der Waals surface area contributed by atoms with Crippen LogP contribution >= 0.6 is 0 Å². The van der Waals surface area contributed by atoms with Gasteiger partial charge in [-0.15, -0.1) is 0 Å². The van der Waals surface area contributed by atoms with Crippen LogP contribution in [0.25, 0.3) is 11.0 Å². The third kappa shape index (κ3) is 4.59. The highest BCUT2D eigenvalue weighted by atomic mass is 16.2. The largest absolute Gasteiger partial charge is 0.354 e. The Morgan fingerprint density at radius 3 is 2.68 bits per heavy atom. The molecule has 2 rings (SSSR count). The Hall–Kier alpha value is -2.83. The molecule has 0 unspecified atom stereocenters. The van der Waals surface area contributed by atoms with Gasteiger partial charge in [-0.25, -0.2) is 4.98 Å². The van der Waals surface area contributed by atoms with Crippen LogP contribution < -0.4 is 10.8 Å². The van der Waals surface area contributed by atoms with Crippen molar-refractivity contribution < 1.29 is 14.4 Å². The lowest BCUT2D eigenvalue weighted by Gasteiger charge is -2.14. The van der Waals surface area contributed by atoms with Crippen molar-refractivity contribution in [1.29, 1.82) is 0 Å². The Morgan fingerprint density at radius 2 is 1.96 bits per heavy atom. The molecule has 1 heterocycles. The number of benzene rings is 1. The number of amides is 2. The van der Waals surface area contributed by atoms with Gasteiger partial charge in [-0.1, -0.05) is 25.0 Å². The van der Waals surface area contributed by atoms with Crippen LogP contribution in [0.4, 0.5) is 0 Å². The number of aromatic nitrogens is 2. The van der Waals surface area contributed by atoms with Crippen LogP contribution in [0.15, 0.2) is 29.3 Å². The first-order chi connectivity index (χ1) is 12.2. The molecule has 0 aliphatic carbocycles. The zero-order chi connectivity index (χ0) is 18.1. The minimum atomic E-state index is -0.383. The number of carbonyl (C=O) groups excluding carboxylic acids is 3. The van der Waals surface area contributed by atoms with Gasteiger partial charge in [0.25, 0.3) is 5.91 Å². The number of nitrogens with zero attached hydrogens (tertiary/aromatic N) is 3. The minimum Gasteiger partial charge on any atom is -0.354 e. The molecule has 2 amide bonds. The highest BCUT2D eigenvalue weighted by Gasteiger charge is 2.14. The molecule has 2 aromatic rings. The Morgan fingerprint density at radius 1 is 1.20 bits per heavy atom. The number of aldehydes is 1. The number of nitrogens with one attached hydrogen (secondary N) is 1. The predicted molar refractivity (Wildman–Crippen MR) is 93.9 cm³/mol. The van der Waals surface area contributed by atoms with Crippen LogP contribution in [0.5, 0.6) is 0 Å². The summed E-state index contributed by atoms with van der Waals surface area (Å²) >= 11 is 0. The molecule has 0 aliphatic rings. The normalized spacial score (nSPS) is 11.5. The Labute approximate surface area is 145 Å². The van der Waals surface area contributed by atoms with Crippen molar-refractivity contribution in [3.63, 3.8) is 0 Å². The van der Waals surface area contributed by atoms with Gasteiger partial charge in [-0.05, 0) is 25.0 Å². The van der Waals surface area contributed by atoms with E-state index in [4.69, 9.17) is 0 Å². The predicted octanol–water partition coefficient (Wildman–Crippen LogP) is 1.60. The van der Waals surface area contributed by atoms with Crippen molar-refractivity contribution in [3.05, 3.63) is 35.4 Å². The van der Waals surface area contributed by atoms with Gasteiger partial charge in [0.2, 0.25) is 6.41 Å². The summed E-state index contributed by atoms with van der Waals surface area (Å²) in [5.74, 6) is -0.383. The highest BCUT2D eigenvalue weighted by Crippen LogP contribution is 2.12. The number of carbonyl (C=O) groups is 3. The summed E-state index contributed by atoms with van der Waals surface area (Å²) in [6.07, 6.45) is 5.59. The van der Waals surface area contributed by atoms with E-state index < -0.39 is 0 Å². The summed E-state index contributed by atoms with van der Waals surface area (Å²) in [4.78, 5) is 41.8. The van der Waals surface area contributed by atoms with E-state index in [9.17, 15) is 14.4 Å². The van der Waals surface area contributed by atoms with Crippen molar-refractivity contribution in [2.75, 3.05) is 7.05 Å². The average molecular weight is 342 g/mol. The summed E-state index contributed by atoms with van der Waals surface area (Å²) in [7, 11) is 1.52. The van der Waals surface area contributed by atoms with E-state index in [1.807, 2.05) is 28.8 Å². The minimum absolute atomic E-state index is 0.134. The molecule has 0 saturated heterocycles. The Kier molecular flexibility index (Phi) is 7.00. The molecule has 0 radical (unpaired) electrons. The topological polar surface area (TPSA) is 93.4 Å². The van der Waals surface area contributed by atoms with Crippen LogP contribution in [0.2, 0.25) is 0 Å². The molecule has 0 spiro atoms. The third-order valence-corrected chi connectivity index (χ3v) is 3.94. The number of aryl methyl sites for hydroxylation is 1. The molecule has 0 aliphatic heterocycles. The summed E-state index contributed by atoms with van der Waals surface area (Å²) < 4.78 is 1.86. The maximum absolute atomic E-state index is 12.2. The number of fused-ring (bicyclic) bond motifs is 1. The summed E-state index contributed by atoms with van der Waals surface area (Å²) in [5, 5.41) is 2.54. The van der Waals surface area contributed by atoms with E-state index >= 15 is 0 Å². The van der Waals surface area contributed by atoms with E-state index in [1.165, 1.54) is 7.05 Å². The number of hydrogen-bond donors (Lipinski definition) is 1. The summed E-state index contributed by atoms with van der Waals surface area (Å²) in [6.45, 7) is 0.612. The summed E-state index contributed by atoms with van der Waals surface area (Å²) in [5.41, 5.74) is 1.89. The number of rotatable bonds is 9. The van der Waals surface area contributed by atoms with Gasteiger partial charge in [0.05, 0.1) is 11.0 Å². The quantitative estimate of drug-likeness (QED) is 0.553. The first-order valence-electron chi connectivity index (χ1n) is 8.35. The zero-order valence-corrected chi connectivity index (χ0v) is 14.3. The second-order valence-electron chi connectivity index (χ2n) is 5.61. The fourth-order valence-corrected chi connectivity index (χ4v) is 2.73. The van der Waals surface area contributed by atoms with Gasteiger partial charge in [0, 0.05) is 20.0 Å². The van der Waals surface area contributed by atoms with Gasteiger partial charge in [-0.2, -0.15) is 4.99 Å². The molecule has 0 saturated carbocycles. The fourth-order valence-electron chi connectivity index (χ4n) is 2.73. The molecule has 25 heavy (non-hydrogen) atoms. The zero-order valence-electron chi connectivity index (χ0n) is 14.3. The van der Waals surface area contributed by atoms with Crippen LogP contribution in [-0.4, -0.2) is 35.2 Å². The van der Waals surface area contributed by atoms with E-state index in [0.717, 1.165) is 37.5 Å². The second-order valence-corrected chi connectivity index (χ2v) is 5.61. The van der Waals surface area contributed by atoms with Gasteiger partial charge in [-0.3, -0.25) is 9.59 Å². The van der Waals surface area contributed by atoms with Crippen LogP contribution in [0.1, 0.15) is 42.6 Å². The van der Waals surface area contributed by atoms with E-state index in [-0.39, 0.29) is 17.1 Å². The number of para-hydroxylation sites is 2. The highest BCUT2D eigenvalue weighted by molar-refractivity contribution is 5.93. The number of unbranched alkanes of at least 4 members (excludes halogenated alkanes) is 4. The fraction of sp³-hybridized carbons (Fsp3) is 0.389. The van der Waals surface area contributed by atoms with Gasteiger partial charge >= 0.3 is 0 Å². The van der Waals surface area contributed by atoms with Crippen molar-refractivity contribution in [2.24, 2.45) is 4.99 Å². The molecule has 0 atom stereocenters. The van der Waals surface area contributed by atoms with Crippen molar-refractivity contribution in [2.45, 2.75) is 38.6 Å². The molecule has 0 fully saturated rings. The van der Waals surface area contributed by atoms with Crippen molar-refractivity contribution in [1.82, 2.24) is 14.9 Å². The molecular formula is C18H22N4O3. The third-order valence-electron chi connectivity index (χ3n) is 3.94. The average Bonchev–Trinajstić information content (AvgIpc) is 2.64. The van der Waals surface area contributed by atoms with Gasteiger partial charge in [0.1, 0.15) is 6.29 Å². The maximum atomic E-state index is 12.2. The smallest absolute Gasteiger partial charge is 0.273 e. The van der Waals surface area contributed by atoms with Gasteiger partial charge < -0.3 is 14.7 Å². The molecule has 1 aromatic carbocycles. The van der Waals surface area contributed by atoms with Crippen molar-refractivity contribution in [3.8, 4) is 0 Å². The van der Waals surface area contributed by atoms with Crippen LogP contribution in [0, 0.1) is 0 Å². The molecule has 7 nitrogen and oxygen atoms in total. The molecule has 1 N–H and O–H groups in total. The first-order valence-corrected chi connectivity index (χ1v) is 8.35. The SMILES string of the molecule is CNC(=O)c1nc2ccccc2n(CCCCCCC=O)c1=NC=O. The standard InChI is InChI=1S/C18H22N4O3/c1-19-18(25)16-17(20-13-24)22(11-7-3-2-4-8-12-23)15-10-6-5-9-14(15)21-16/h5-6,9-10,12-13H,2-4,7-8,11H2,1H3,(H,19,25). The van der Waals surface area contributed by atoms with Crippen molar-refractivity contribution >= 4 is 29.6 Å². The van der Waals surface area contributed by atoms with Crippen LogP contribution in [-0.2, 0) is 16.1 Å². The molecule has 7 heteroatoms. The van der Waals surface area contributed by atoms with Gasteiger partial charge in [0.15, 0.2) is 11.2 Å². The van der Waals surface area contributed by atoms with Crippen LogP contribution in [0.3, 0.4) is 0 Å². The Balaban J connectivity index is 2.42. The summed E-state index contributed by atoms with van der Waals surface area (Å²) in [6, 6.07) is 7.46. The molecule has 132 valence electrons. The number of hydrogen-bond acceptors (Lipinski definition) is 4. The monoisotopic (exact) mass is 342 g/mol. The van der Waals surface area contributed by atoms with E-state index in [1.54, 1.807) is 0 Å². The Bertz CT molecular complexity index is 827. The molecule has 0 bridgehead atoms. The lowest BCUT2D eigenvalue weighted by Crippen LogP contribution is -2.34. The first kappa shape index (κ1) is 18.5. The second kappa shape index (κ2) is 9.46. The lowest BCUT2D eigenvalue weighted by molar-refractivity contribution is -0.108. The van der Waals surface area contributed by atoms with E-state index in [2.05, 4.69) is 15.3 Å². The molecular weight excluding hydrogens is 320 g/mol. The lowest BCUT2D eigenvalue weighted by atomic mass is 10.1.